The first-order chi connectivity index (χ1) is 8.06. The average Bonchev–Trinajstić information content (AvgIpc) is 2.87. The molecule has 96 valence electrons. The van der Waals surface area contributed by atoms with Gasteiger partial charge in [-0.2, -0.15) is 17.2 Å². The molecule has 0 saturated heterocycles. The standard InChI is InChI=1S/C9H13.C8H11.Zr/c1-6-5-7(2)9(4)8(6)3;1-2-5-8-6-3-4-7-8;/h6H,1-4H3;3,6H,2,4-5H2,1H3;/q2*-1;+2. The molecule has 0 heterocycles. The van der Waals surface area contributed by atoms with Crippen LogP contribution >= 0.6 is 0 Å². The molecule has 0 saturated carbocycles. The SMILES string of the molecule is CC1=[C-]C(C)C(C)=C1C.CCCC1=[C-]CC=C1.[Zr+2]. The van der Waals surface area contributed by atoms with E-state index in [1.807, 2.05) is 0 Å². The van der Waals surface area contributed by atoms with Crippen molar-refractivity contribution in [3.05, 3.63) is 46.6 Å². The second kappa shape index (κ2) is 8.86. The van der Waals surface area contributed by atoms with Crippen LogP contribution < -0.4 is 0 Å². The second-order valence-corrected chi connectivity index (χ2v) is 4.86. The summed E-state index contributed by atoms with van der Waals surface area (Å²) in [4.78, 5) is 0. The predicted molar refractivity (Wildman–Crippen MR) is 75.4 cm³/mol. The molecule has 18 heavy (non-hydrogen) atoms. The van der Waals surface area contributed by atoms with Crippen molar-refractivity contribution in [3.8, 4) is 0 Å². The van der Waals surface area contributed by atoms with Gasteiger partial charge in [-0.1, -0.05) is 46.5 Å². The van der Waals surface area contributed by atoms with Crippen molar-refractivity contribution >= 4 is 0 Å². The van der Waals surface area contributed by atoms with Crippen LogP contribution in [0.3, 0.4) is 0 Å². The van der Waals surface area contributed by atoms with Crippen molar-refractivity contribution in [2.24, 2.45) is 5.92 Å². The van der Waals surface area contributed by atoms with Gasteiger partial charge in [0.25, 0.3) is 0 Å². The van der Waals surface area contributed by atoms with Gasteiger partial charge in [-0.05, 0) is 0 Å². The minimum Gasteiger partial charge on any atom is -0.269 e. The molecule has 0 nitrogen and oxygen atoms in total. The fraction of sp³-hybridized carbons (Fsp3) is 0.529. The topological polar surface area (TPSA) is 0 Å². The fourth-order valence-electron chi connectivity index (χ4n) is 2.05. The van der Waals surface area contributed by atoms with Crippen molar-refractivity contribution in [1.82, 2.24) is 0 Å². The molecule has 1 unspecified atom stereocenters. The number of rotatable bonds is 2. The van der Waals surface area contributed by atoms with Crippen LogP contribution in [0, 0.1) is 18.1 Å². The van der Waals surface area contributed by atoms with Gasteiger partial charge in [0.1, 0.15) is 0 Å². The molecule has 0 spiro atoms. The van der Waals surface area contributed by atoms with Gasteiger partial charge in [0.05, 0.1) is 0 Å². The van der Waals surface area contributed by atoms with E-state index in [1.165, 1.54) is 35.1 Å². The molecule has 0 N–H and O–H groups in total. The molecule has 2 aliphatic carbocycles. The van der Waals surface area contributed by atoms with Gasteiger partial charge in [0.15, 0.2) is 0 Å². The van der Waals surface area contributed by atoms with E-state index in [0.29, 0.717) is 5.92 Å². The zero-order chi connectivity index (χ0) is 12.8. The second-order valence-electron chi connectivity index (χ2n) is 4.86. The molecule has 0 aliphatic heterocycles. The van der Waals surface area contributed by atoms with E-state index in [-0.39, 0.29) is 26.2 Å². The Morgan fingerprint density at radius 1 is 1.28 bits per heavy atom. The summed E-state index contributed by atoms with van der Waals surface area (Å²) in [6.07, 6.45) is 14.4. The Kier molecular flexibility index (Phi) is 8.78. The van der Waals surface area contributed by atoms with Crippen LogP contribution in [0.1, 0.15) is 53.9 Å². The van der Waals surface area contributed by atoms with Crippen molar-refractivity contribution in [2.45, 2.75) is 53.9 Å². The molecule has 1 heteroatoms. The van der Waals surface area contributed by atoms with Gasteiger partial charge in [-0.25, -0.2) is 17.2 Å². The first-order valence-corrected chi connectivity index (χ1v) is 6.60. The summed E-state index contributed by atoms with van der Waals surface area (Å²) in [6.45, 7) is 10.9. The summed E-state index contributed by atoms with van der Waals surface area (Å²) < 4.78 is 0. The molecule has 0 aromatic heterocycles. The smallest absolute Gasteiger partial charge is 0.269 e. The van der Waals surface area contributed by atoms with Gasteiger partial charge < -0.3 is 0 Å². The van der Waals surface area contributed by atoms with Crippen molar-refractivity contribution in [3.63, 3.8) is 0 Å². The van der Waals surface area contributed by atoms with Crippen LogP contribution in [-0.2, 0) is 26.2 Å². The predicted octanol–water partition coefficient (Wildman–Crippen LogP) is 5.20. The van der Waals surface area contributed by atoms with Gasteiger partial charge in [-0.15, -0.1) is 13.3 Å². The Hall–Kier alpha value is -0.157. The molecule has 0 bridgehead atoms. The minimum atomic E-state index is 0. The molecular formula is C17H24Zr. The molecule has 0 fully saturated rings. The Bertz CT molecular complexity index is 380. The van der Waals surface area contributed by atoms with E-state index in [1.54, 1.807) is 0 Å². The molecule has 0 aromatic carbocycles. The first-order valence-electron chi connectivity index (χ1n) is 6.60. The maximum atomic E-state index is 3.36. The maximum absolute atomic E-state index is 3.36. The zero-order valence-electron chi connectivity index (χ0n) is 12.4. The summed E-state index contributed by atoms with van der Waals surface area (Å²) in [7, 11) is 0. The maximum Gasteiger partial charge on any atom is 2.00 e. The van der Waals surface area contributed by atoms with E-state index in [2.05, 4.69) is 58.9 Å². The number of allylic oxidation sites excluding steroid dienone is 8. The van der Waals surface area contributed by atoms with E-state index in [0.717, 1.165) is 6.42 Å². The molecule has 0 radical (unpaired) electrons. The largest absolute Gasteiger partial charge is 2.00 e. The molecule has 2 rings (SSSR count). The van der Waals surface area contributed by atoms with Crippen molar-refractivity contribution in [1.29, 1.82) is 0 Å². The van der Waals surface area contributed by atoms with Crippen molar-refractivity contribution in [2.75, 3.05) is 0 Å². The third kappa shape index (κ3) is 5.23. The normalized spacial score (nSPS) is 21.1. The summed E-state index contributed by atoms with van der Waals surface area (Å²) in [5, 5.41) is 0. The molecular weight excluding hydrogens is 295 g/mol. The van der Waals surface area contributed by atoms with Crippen LogP contribution in [0.25, 0.3) is 0 Å². The first kappa shape index (κ1) is 17.8. The van der Waals surface area contributed by atoms with E-state index < -0.39 is 0 Å². The van der Waals surface area contributed by atoms with Crippen LogP contribution in [-0.4, -0.2) is 0 Å². The van der Waals surface area contributed by atoms with Crippen LogP contribution in [0.4, 0.5) is 0 Å². The molecule has 0 aromatic rings. The third-order valence-corrected chi connectivity index (χ3v) is 3.52. The Balaban J connectivity index is 0.000000306. The average molecular weight is 320 g/mol. The molecule has 2 aliphatic rings. The zero-order valence-corrected chi connectivity index (χ0v) is 14.8. The number of hydrogen-bond donors (Lipinski definition) is 0. The van der Waals surface area contributed by atoms with Crippen LogP contribution in [0.15, 0.2) is 34.4 Å². The summed E-state index contributed by atoms with van der Waals surface area (Å²) in [5.41, 5.74) is 5.64. The quantitative estimate of drug-likeness (QED) is 0.614. The fourth-order valence-corrected chi connectivity index (χ4v) is 2.05. The van der Waals surface area contributed by atoms with Gasteiger partial charge in [0, 0.05) is 0 Å². The Labute approximate surface area is 132 Å². The van der Waals surface area contributed by atoms with Crippen LogP contribution in [0.5, 0.6) is 0 Å². The monoisotopic (exact) mass is 318 g/mol. The minimum absolute atomic E-state index is 0. The summed E-state index contributed by atoms with van der Waals surface area (Å²) >= 11 is 0. The van der Waals surface area contributed by atoms with E-state index in [4.69, 9.17) is 0 Å². The Morgan fingerprint density at radius 2 is 1.94 bits per heavy atom. The third-order valence-electron chi connectivity index (χ3n) is 3.52. The van der Waals surface area contributed by atoms with Crippen LogP contribution in [0.2, 0.25) is 0 Å². The van der Waals surface area contributed by atoms with E-state index >= 15 is 0 Å². The van der Waals surface area contributed by atoms with Crippen molar-refractivity contribution < 1.29 is 26.2 Å². The number of hydrogen-bond acceptors (Lipinski definition) is 0. The van der Waals surface area contributed by atoms with Gasteiger partial charge in [0.2, 0.25) is 0 Å². The van der Waals surface area contributed by atoms with E-state index in [9.17, 15) is 0 Å². The molecule has 0 amide bonds. The van der Waals surface area contributed by atoms with Gasteiger partial charge in [-0.3, -0.25) is 12.2 Å². The van der Waals surface area contributed by atoms with Gasteiger partial charge >= 0.3 is 26.2 Å². The summed E-state index contributed by atoms with van der Waals surface area (Å²) in [5.74, 6) is 0.560. The molecule has 1 atom stereocenters. The summed E-state index contributed by atoms with van der Waals surface area (Å²) in [6, 6.07) is 0. The Morgan fingerprint density at radius 3 is 2.22 bits per heavy atom.